The number of aromatic nitrogens is 1. The molecule has 1 aromatic rings. The summed E-state index contributed by atoms with van der Waals surface area (Å²) in [6.45, 7) is 2.11. The van der Waals surface area contributed by atoms with Gasteiger partial charge in [-0.05, 0) is 0 Å². The van der Waals surface area contributed by atoms with E-state index < -0.39 is 0 Å². The summed E-state index contributed by atoms with van der Waals surface area (Å²) < 4.78 is 0. The maximum atomic E-state index is 3.83. The van der Waals surface area contributed by atoms with Crippen LogP contribution in [-0.2, 0) is 6.42 Å². The van der Waals surface area contributed by atoms with Crippen molar-refractivity contribution in [2.24, 2.45) is 0 Å². The normalized spacial score (nSPS) is 7.30. The summed E-state index contributed by atoms with van der Waals surface area (Å²) in [5.74, 6) is 0. The first kappa shape index (κ1) is 12.8. The van der Waals surface area contributed by atoms with Crippen LogP contribution >= 0.6 is 0 Å². The Morgan fingerprint density at radius 1 is 1.60 bits per heavy atom. The van der Waals surface area contributed by atoms with Gasteiger partial charge >= 0.3 is 31.1 Å². The smallest absolute Gasteiger partial charge is 0.394 e. The molecule has 0 aromatic carbocycles. The molecule has 1 nitrogen and oxygen atoms in total. The van der Waals surface area contributed by atoms with Crippen molar-refractivity contribution in [1.82, 2.24) is 4.98 Å². The third kappa shape index (κ3) is 4.09. The average molecular weight is 359 g/mol. The topological polar surface area (TPSA) is 12.9 Å². The summed E-state index contributed by atoms with van der Waals surface area (Å²) in [4.78, 5) is 3.83. The fourth-order valence-electron chi connectivity index (χ4n) is 0.560. The summed E-state index contributed by atoms with van der Waals surface area (Å²) in [5, 5.41) is 0. The van der Waals surface area contributed by atoms with Gasteiger partial charge in [0.2, 0.25) is 0 Å². The number of aryl methyl sites for hydroxylation is 1. The van der Waals surface area contributed by atoms with Gasteiger partial charge < -0.3 is 12.4 Å². The van der Waals surface area contributed by atoms with Crippen LogP contribution in [0, 0.1) is 44.7 Å². The molecule has 0 fully saturated rings. The second kappa shape index (κ2) is 7.31. The van der Waals surface area contributed by atoms with Crippen molar-refractivity contribution < 1.29 is 31.1 Å². The number of pyridine rings is 1. The van der Waals surface area contributed by atoms with E-state index >= 15 is 0 Å². The van der Waals surface area contributed by atoms with Crippen LogP contribution in [0.5, 0.6) is 0 Å². The zero-order valence-corrected chi connectivity index (χ0v) is 10.6. The molecule has 52 valence electrons. The van der Waals surface area contributed by atoms with Crippen LogP contribution < -0.4 is 0 Å². The van der Waals surface area contributed by atoms with Gasteiger partial charge in [0.15, 0.2) is 0 Å². The van der Waals surface area contributed by atoms with Crippen molar-refractivity contribution in [3.63, 3.8) is 0 Å². The average Bonchev–Trinajstić information content (AvgIpc) is 1.90. The van der Waals surface area contributed by atoms with Crippen molar-refractivity contribution in [1.29, 1.82) is 0 Å². The molecule has 0 aliphatic rings. The Morgan fingerprint density at radius 3 is 2.60 bits per heavy atom. The second-order valence-corrected chi connectivity index (χ2v) is 1.65. The minimum atomic E-state index is 0. The van der Waals surface area contributed by atoms with Crippen LogP contribution in [0.25, 0.3) is 0 Å². The van der Waals surface area contributed by atoms with E-state index in [0.29, 0.717) is 0 Å². The van der Waals surface area contributed by atoms with Gasteiger partial charge in [-0.25, -0.2) is 0 Å². The first-order valence-electron chi connectivity index (χ1n) is 2.74. The van der Waals surface area contributed by atoms with Crippen molar-refractivity contribution in [2.75, 3.05) is 0 Å². The Hall–Kier alpha value is 0.202. The molecule has 1 aromatic heterocycles. The summed E-state index contributed by atoms with van der Waals surface area (Å²) in [5.41, 5.74) is 1.27. The molecule has 0 spiro atoms. The molecule has 0 bridgehead atoms. The first-order chi connectivity index (χ1) is 3.93. The summed E-state index contributed by atoms with van der Waals surface area (Å²) >= 11 is 0. The Bertz CT molecular complexity index is 151. The number of rotatable bonds is 1. The van der Waals surface area contributed by atoms with E-state index in [1.165, 1.54) is 5.56 Å². The molecule has 0 aliphatic carbocycles. The molecule has 0 N–H and O–H groups in total. The molecule has 0 aliphatic heterocycles. The molecule has 0 radical (unpaired) electrons. The molecule has 0 saturated carbocycles. The predicted octanol–water partition coefficient (Wildman–Crippen LogP) is 1.89. The second-order valence-electron chi connectivity index (χ2n) is 1.65. The number of hydrogen-bond acceptors (Lipinski definition) is 1. The van der Waals surface area contributed by atoms with Gasteiger partial charge in [-0.15, -0.1) is 5.56 Å². The summed E-state index contributed by atoms with van der Waals surface area (Å²) in [6, 6.07) is 3.85. The van der Waals surface area contributed by atoms with E-state index in [2.05, 4.69) is 18.1 Å². The number of nitrogens with zero attached hydrogens (tertiary/aromatic N) is 1. The summed E-state index contributed by atoms with van der Waals surface area (Å²) in [6.07, 6.45) is 5.61. The Balaban J connectivity index is 0. The van der Waals surface area contributed by atoms with Crippen molar-refractivity contribution >= 4 is 0 Å². The Morgan fingerprint density at radius 2 is 2.30 bits per heavy atom. The third-order valence-electron chi connectivity index (χ3n) is 1.09. The SMILES string of the molecule is CCc1cc[c-]nc1.[CH3-].[U+2]. The maximum Gasteiger partial charge on any atom is 2.00 e. The molecule has 0 unspecified atom stereocenters. The first-order valence-corrected chi connectivity index (χ1v) is 2.74. The zero-order valence-electron chi connectivity index (χ0n) is 6.39. The largest absolute Gasteiger partial charge is 2.00 e. The van der Waals surface area contributed by atoms with Crippen LogP contribution in [-0.4, -0.2) is 4.98 Å². The third-order valence-corrected chi connectivity index (χ3v) is 1.09. The molecular weight excluding hydrogens is 348 g/mol. The van der Waals surface area contributed by atoms with Gasteiger partial charge in [0.25, 0.3) is 0 Å². The van der Waals surface area contributed by atoms with Crippen LogP contribution in [0.15, 0.2) is 18.3 Å². The van der Waals surface area contributed by atoms with Gasteiger partial charge in [-0.3, -0.25) is 0 Å². The molecular formula is C8H11NU. The molecule has 0 amide bonds. The van der Waals surface area contributed by atoms with E-state index in [-0.39, 0.29) is 38.5 Å². The van der Waals surface area contributed by atoms with Crippen LogP contribution in [0.1, 0.15) is 12.5 Å². The maximum absolute atomic E-state index is 3.83. The molecule has 2 heteroatoms. The van der Waals surface area contributed by atoms with Gasteiger partial charge in [-0.1, -0.05) is 25.7 Å². The quantitative estimate of drug-likeness (QED) is 0.698. The monoisotopic (exact) mass is 359 g/mol. The van der Waals surface area contributed by atoms with E-state index in [1.807, 2.05) is 18.3 Å². The van der Waals surface area contributed by atoms with Crippen LogP contribution in [0.4, 0.5) is 0 Å². The predicted molar refractivity (Wildman–Crippen MR) is 38.9 cm³/mol. The van der Waals surface area contributed by atoms with Gasteiger partial charge in [0.05, 0.1) is 0 Å². The van der Waals surface area contributed by atoms with Crippen LogP contribution in [0.2, 0.25) is 0 Å². The Kier molecular flexibility index (Phi) is 9.39. The van der Waals surface area contributed by atoms with E-state index in [4.69, 9.17) is 0 Å². The fraction of sp³-hybridized carbons (Fsp3) is 0.250. The minimum Gasteiger partial charge on any atom is -0.394 e. The fourth-order valence-corrected chi connectivity index (χ4v) is 0.560. The standard InChI is InChI=1S/C7H8N.CH3.U/c1-2-7-4-3-5-8-6-7;;/h3-4,6H,2H2,1H3;1H3;/q2*-1;+2. The van der Waals surface area contributed by atoms with E-state index in [1.54, 1.807) is 0 Å². The molecule has 0 atom stereocenters. The van der Waals surface area contributed by atoms with E-state index in [9.17, 15) is 0 Å². The molecule has 1 rings (SSSR count). The van der Waals surface area contributed by atoms with Crippen molar-refractivity contribution in [2.45, 2.75) is 13.3 Å². The van der Waals surface area contributed by atoms with Crippen LogP contribution in [0.3, 0.4) is 0 Å². The van der Waals surface area contributed by atoms with Gasteiger partial charge in [0.1, 0.15) is 0 Å². The van der Waals surface area contributed by atoms with Crippen molar-refractivity contribution in [3.05, 3.63) is 37.5 Å². The van der Waals surface area contributed by atoms with Gasteiger partial charge in [-0.2, -0.15) is 12.1 Å². The molecule has 0 saturated heterocycles. The summed E-state index contributed by atoms with van der Waals surface area (Å²) in [7, 11) is 0. The van der Waals surface area contributed by atoms with Gasteiger partial charge in [0, 0.05) is 0 Å². The van der Waals surface area contributed by atoms with Crippen molar-refractivity contribution in [3.8, 4) is 0 Å². The molecule has 1 heterocycles. The minimum absolute atomic E-state index is 0. The molecule has 10 heavy (non-hydrogen) atoms. The Labute approximate surface area is 86.6 Å². The number of hydrogen-bond donors (Lipinski definition) is 0. The van der Waals surface area contributed by atoms with E-state index in [0.717, 1.165) is 6.42 Å². The zero-order chi connectivity index (χ0) is 5.82.